The third-order valence-corrected chi connectivity index (χ3v) is 9.46. The monoisotopic (exact) mass is 750 g/mol. The molecule has 4 bridgehead atoms. The normalized spacial score (nSPS) is 15.2. The van der Waals surface area contributed by atoms with Gasteiger partial charge in [0, 0.05) is 12.0 Å². The van der Waals surface area contributed by atoms with Crippen molar-refractivity contribution < 1.29 is 28.4 Å². The lowest BCUT2D eigenvalue weighted by molar-refractivity contribution is -0.128. The van der Waals surface area contributed by atoms with Crippen molar-refractivity contribution in [2.24, 2.45) is 11.5 Å². The highest BCUT2D eigenvalue weighted by Crippen LogP contribution is 2.34. The Morgan fingerprint density at radius 2 is 1.65 bits per heavy atom. The molecule has 14 heteroatoms. The van der Waals surface area contributed by atoms with E-state index in [2.05, 4.69) is 31.2 Å². The van der Waals surface area contributed by atoms with Crippen LogP contribution in [0.5, 0.6) is 0 Å². The molecular weight excluding hydrogens is 704 g/mol. The topological polar surface area (TPSA) is 211 Å². The van der Waals surface area contributed by atoms with E-state index >= 15 is 4.39 Å². The molecule has 55 heavy (non-hydrogen) atoms. The van der Waals surface area contributed by atoms with E-state index in [9.17, 15) is 24.0 Å². The molecule has 1 aliphatic heterocycles. The second-order valence-corrected chi connectivity index (χ2v) is 14.8. The fraction of sp³-hybridized carbons (Fsp3) is 0.341. The van der Waals surface area contributed by atoms with E-state index in [0.29, 0.717) is 44.9 Å². The summed E-state index contributed by atoms with van der Waals surface area (Å²) in [5, 5.41) is 10.9. The van der Waals surface area contributed by atoms with Crippen molar-refractivity contribution in [3.05, 3.63) is 99.6 Å². The van der Waals surface area contributed by atoms with Crippen LogP contribution in [0.3, 0.4) is 0 Å². The highest BCUT2D eigenvalue weighted by molar-refractivity contribution is 6.04. The van der Waals surface area contributed by atoms with Gasteiger partial charge in [0.15, 0.2) is 5.82 Å². The molecule has 2 atom stereocenters. The molecule has 288 valence electrons. The minimum atomic E-state index is -1.08. The van der Waals surface area contributed by atoms with Crippen molar-refractivity contribution in [1.82, 2.24) is 25.9 Å². The minimum absolute atomic E-state index is 0.0205. The minimum Gasteiger partial charge on any atom is -0.368 e. The van der Waals surface area contributed by atoms with Crippen LogP contribution in [0.25, 0.3) is 22.5 Å². The fourth-order valence-corrected chi connectivity index (χ4v) is 6.56. The highest BCUT2D eigenvalue weighted by atomic mass is 19.1. The molecule has 3 aromatic carbocycles. The predicted octanol–water partition coefficient (Wildman–Crippen LogP) is 3.44. The van der Waals surface area contributed by atoms with Crippen LogP contribution in [0, 0.1) is 26.6 Å². The van der Waals surface area contributed by atoms with Gasteiger partial charge in [0.2, 0.25) is 23.6 Å². The Bertz CT molecular complexity index is 2160. The van der Waals surface area contributed by atoms with Crippen molar-refractivity contribution in [2.45, 2.75) is 78.3 Å². The number of primary amides is 1. The van der Waals surface area contributed by atoms with Gasteiger partial charge in [-0.3, -0.25) is 24.0 Å². The number of fused-ring (bicyclic) bond motifs is 5. The number of benzene rings is 3. The Kier molecular flexibility index (Phi) is 12.1. The summed E-state index contributed by atoms with van der Waals surface area (Å²) in [6, 6.07) is 13.5. The Morgan fingerprint density at radius 1 is 0.945 bits per heavy atom. The predicted molar refractivity (Wildman–Crippen MR) is 207 cm³/mol. The van der Waals surface area contributed by atoms with E-state index in [-0.39, 0.29) is 54.7 Å². The molecule has 13 nitrogen and oxygen atoms in total. The summed E-state index contributed by atoms with van der Waals surface area (Å²) in [5.74, 6) is -3.20. The molecule has 1 aliphatic rings. The quantitative estimate of drug-likeness (QED) is 0.157. The van der Waals surface area contributed by atoms with Crippen LogP contribution in [0.1, 0.15) is 71.2 Å². The molecule has 5 amide bonds. The zero-order valence-electron chi connectivity index (χ0n) is 31.9. The van der Waals surface area contributed by atoms with Gasteiger partial charge in [-0.25, -0.2) is 14.4 Å². The van der Waals surface area contributed by atoms with Gasteiger partial charge < -0.3 is 32.7 Å². The van der Waals surface area contributed by atoms with Crippen LogP contribution in [-0.4, -0.2) is 64.7 Å². The summed E-state index contributed by atoms with van der Waals surface area (Å²) in [7, 11) is 0. The van der Waals surface area contributed by atoms with Crippen LogP contribution in [-0.2, 0) is 37.4 Å². The number of hydrogen-bond acceptors (Lipinski definition) is 8. The molecule has 1 aromatic heterocycles. The maximum atomic E-state index is 15.2. The van der Waals surface area contributed by atoms with Gasteiger partial charge in [-0.05, 0) is 85.2 Å². The van der Waals surface area contributed by atoms with Gasteiger partial charge in [-0.1, -0.05) is 57.2 Å². The number of nitrogens with zero attached hydrogens (tertiary/aromatic N) is 2. The van der Waals surface area contributed by atoms with Gasteiger partial charge in [0.25, 0.3) is 5.91 Å². The van der Waals surface area contributed by atoms with Gasteiger partial charge in [0.1, 0.15) is 17.9 Å². The van der Waals surface area contributed by atoms with E-state index < -0.39 is 47.4 Å². The molecule has 0 saturated carbocycles. The largest absolute Gasteiger partial charge is 0.368 e. The molecule has 2 heterocycles. The summed E-state index contributed by atoms with van der Waals surface area (Å²) < 4.78 is 15.2. The zero-order chi connectivity index (χ0) is 40.2. The number of amides is 5. The van der Waals surface area contributed by atoms with Crippen LogP contribution >= 0.6 is 0 Å². The van der Waals surface area contributed by atoms with E-state index in [4.69, 9.17) is 11.5 Å². The molecule has 0 saturated heterocycles. The standard InChI is InChI=1S/C41H47FN8O5/c1-21-14-25-16-29(26-9-7-8-24(15-26)18-33(51)45-20-34(52)48-32(17-25)37(44)53)36(21)50-39(54)31(12-13-43)49-40(55)35-22(2)46-38(47-23(35)3)28-11-10-27(19-30(28)42)41(4,5)6/h7-11,14-16,19,31-32H,12-13,17-18,20,43H2,1-6H3,(H2,44,53)(H,45,51)(H,48,52)(H,49,55)(H,50,54)/t31-,32?/m0/s1. The molecule has 5 rings (SSSR count). The van der Waals surface area contributed by atoms with Crippen molar-refractivity contribution in [2.75, 3.05) is 18.4 Å². The van der Waals surface area contributed by atoms with E-state index in [1.807, 2.05) is 39.0 Å². The number of carbonyl (C=O) groups is 5. The lowest BCUT2D eigenvalue weighted by Gasteiger charge is -2.23. The van der Waals surface area contributed by atoms with Gasteiger partial charge >= 0.3 is 0 Å². The summed E-state index contributed by atoms with van der Waals surface area (Å²) >= 11 is 0. The fourth-order valence-electron chi connectivity index (χ4n) is 6.56. The molecule has 0 aliphatic carbocycles. The van der Waals surface area contributed by atoms with Crippen molar-refractivity contribution in [3.8, 4) is 22.5 Å². The third-order valence-electron chi connectivity index (χ3n) is 9.46. The summed E-state index contributed by atoms with van der Waals surface area (Å²) in [4.78, 5) is 74.3. The average Bonchev–Trinajstić information content (AvgIpc) is 3.10. The number of nitrogens with one attached hydrogen (secondary N) is 4. The first kappa shape index (κ1) is 40.2. The smallest absolute Gasteiger partial charge is 0.255 e. The number of carbonyl (C=O) groups excluding carboxylic acids is 5. The molecule has 1 unspecified atom stereocenters. The average molecular weight is 751 g/mol. The number of anilines is 1. The maximum absolute atomic E-state index is 15.2. The number of nitrogens with two attached hydrogens (primary N) is 2. The van der Waals surface area contributed by atoms with Crippen LogP contribution < -0.4 is 32.7 Å². The SMILES string of the molecule is Cc1cc2cc(c1NC(=O)[C@H](CCN)NC(=O)c1c(C)nc(-c3ccc(C(C)(C)C)cc3F)nc1C)-c1cccc(c1)CC(=O)NCC(=O)NC(C(N)=O)C2. The Balaban J connectivity index is 1.46. The van der Waals surface area contributed by atoms with E-state index in [1.54, 1.807) is 51.1 Å². The summed E-state index contributed by atoms with van der Waals surface area (Å²) in [6.45, 7) is 10.8. The van der Waals surface area contributed by atoms with E-state index in [0.717, 1.165) is 5.56 Å². The molecular formula is C41H47FN8O5. The summed E-state index contributed by atoms with van der Waals surface area (Å²) in [6.07, 6.45) is 0.126. The number of aryl methyl sites for hydroxylation is 3. The molecule has 0 radical (unpaired) electrons. The van der Waals surface area contributed by atoms with Crippen LogP contribution in [0.4, 0.5) is 10.1 Å². The van der Waals surface area contributed by atoms with Gasteiger partial charge in [-0.15, -0.1) is 0 Å². The lowest BCUT2D eigenvalue weighted by atomic mass is 9.86. The second kappa shape index (κ2) is 16.6. The molecule has 0 fully saturated rings. The highest BCUT2D eigenvalue weighted by Gasteiger charge is 2.27. The number of aromatic nitrogens is 2. The van der Waals surface area contributed by atoms with Crippen LogP contribution in [0.2, 0.25) is 0 Å². The van der Waals surface area contributed by atoms with Crippen molar-refractivity contribution in [3.63, 3.8) is 0 Å². The maximum Gasteiger partial charge on any atom is 0.255 e. The molecule has 4 aromatic rings. The second-order valence-electron chi connectivity index (χ2n) is 14.8. The molecule has 8 N–H and O–H groups in total. The number of rotatable bonds is 8. The first-order chi connectivity index (χ1) is 25.9. The van der Waals surface area contributed by atoms with Gasteiger partial charge in [-0.2, -0.15) is 0 Å². The van der Waals surface area contributed by atoms with Crippen LogP contribution in [0.15, 0.2) is 54.6 Å². The Hall–Kier alpha value is -6.02. The van der Waals surface area contributed by atoms with Crippen molar-refractivity contribution >= 4 is 35.2 Å². The lowest BCUT2D eigenvalue weighted by Crippen LogP contribution is -2.49. The Labute approximate surface area is 319 Å². The molecule has 0 spiro atoms. The van der Waals surface area contributed by atoms with E-state index in [1.165, 1.54) is 6.07 Å². The first-order valence-electron chi connectivity index (χ1n) is 18.0. The Morgan fingerprint density at radius 3 is 2.29 bits per heavy atom. The zero-order valence-corrected chi connectivity index (χ0v) is 31.9. The van der Waals surface area contributed by atoms with Crippen molar-refractivity contribution in [1.29, 1.82) is 0 Å². The number of hydrogen-bond donors (Lipinski definition) is 6. The third kappa shape index (κ3) is 9.57. The van der Waals surface area contributed by atoms with Gasteiger partial charge in [0.05, 0.1) is 41.2 Å². The summed E-state index contributed by atoms with van der Waals surface area (Å²) in [5.41, 5.74) is 16.7. The number of halogens is 1. The first-order valence-corrected chi connectivity index (χ1v) is 18.0.